The summed E-state index contributed by atoms with van der Waals surface area (Å²) >= 11 is 1.54. The fourth-order valence-electron chi connectivity index (χ4n) is 3.30. The van der Waals surface area contributed by atoms with E-state index < -0.39 is 0 Å². The fraction of sp³-hybridized carbons (Fsp3) is 0.227. The maximum atomic E-state index is 12.5. The van der Waals surface area contributed by atoms with Gasteiger partial charge < -0.3 is 0 Å². The number of fused-ring (bicyclic) bond motifs is 1. The number of anilines is 1. The van der Waals surface area contributed by atoms with E-state index >= 15 is 0 Å². The Morgan fingerprint density at radius 1 is 1.07 bits per heavy atom. The molecule has 0 radical (unpaired) electrons. The average Bonchev–Trinajstić information content (AvgIpc) is 3.10. The Labute approximate surface area is 168 Å². The molecule has 142 valence electrons. The summed E-state index contributed by atoms with van der Waals surface area (Å²) in [6.07, 6.45) is 0.891. The molecule has 0 fully saturated rings. The summed E-state index contributed by atoms with van der Waals surface area (Å²) in [5, 5.41) is 3.53. The quantitative estimate of drug-likeness (QED) is 0.664. The van der Waals surface area contributed by atoms with Crippen molar-refractivity contribution in [2.75, 3.05) is 11.9 Å². The number of nitrogens with one attached hydrogen (secondary N) is 1. The highest BCUT2D eigenvalue weighted by Crippen LogP contribution is 2.29. The van der Waals surface area contributed by atoms with Gasteiger partial charge >= 0.3 is 0 Å². The molecule has 28 heavy (non-hydrogen) atoms. The molecule has 0 bridgehead atoms. The van der Waals surface area contributed by atoms with Gasteiger partial charge in [0.1, 0.15) is 0 Å². The van der Waals surface area contributed by atoms with E-state index in [0.29, 0.717) is 16.3 Å². The van der Waals surface area contributed by atoms with Crippen LogP contribution in [0.15, 0.2) is 54.6 Å². The van der Waals surface area contributed by atoms with Crippen molar-refractivity contribution in [2.45, 2.75) is 26.4 Å². The van der Waals surface area contributed by atoms with Gasteiger partial charge in [0.2, 0.25) is 0 Å². The van der Waals surface area contributed by atoms with Gasteiger partial charge in [0, 0.05) is 42.1 Å². The van der Waals surface area contributed by atoms with Gasteiger partial charge in [-0.25, -0.2) is 4.98 Å². The molecule has 3 aromatic rings. The molecule has 1 aliphatic rings. The van der Waals surface area contributed by atoms with Crippen molar-refractivity contribution in [1.82, 2.24) is 9.88 Å². The molecule has 6 heteroatoms. The summed E-state index contributed by atoms with van der Waals surface area (Å²) in [5.74, 6) is -0.220. The molecular weight excluding hydrogens is 370 g/mol. The van der Waals surface area contributed by atoms with Gasteiger partial charge in [-0.3, -0.25) is 19.8 Å². The standard InChI is InChI=1S/C22H21N3O2S/c1-15(26)17-7-9-18(10-8-17)21(27)24-22-23-19-11-12-25(14-20(19)28-22)13-16-5-3-2-4-6-16/h2-10H,11-14H2,1H3,(H,23,24,27). The Kier molecular flexibility index (Phi) is 5.32. The Morgan fingerprint density at radius 3 is 2.50 bits per heavy atom. The van der Waals surface area contributed by atoms with Gasteiger partial charge in [0.15, 0.2) is 10.9 Å². The maximum absolute atomic E-state index is 12.5. The molecule has 1 aromatic heterocycles. The van der Waals surface area contributed by atoms with Gasteiger partial charge in [-0.05, 0) is 24.6 Å². The predicted octanol–water partition coefficient (Wildman–Crippen LogP) is 4.16. The van der Waals surface area contributed by atoms with Crippen molar-refractivity contribution in [3.05, 3.63) is 81.9 Å². The summed E-state index contributed by atoms with van der Waals surface area (Å²) < 4.78 is 0. The molecular formula is C22H21N3O2S. The van der Waals surface area contributed by atoms with E-state index in [1.54, 1.807) is 35.6 Å². The van der Waals surface area contributed by atoms with Crippen molar-refractivity contribution in [1.29, 1.82) is 0 Å². The Morgan fingerprint density at radius 2 is 1.79 bits per heavy atom. The number of hydrogen-bond donors (Lipinski definition) is 1. The van der Waals surface area contributed by atoms with Crippen LogP contribution >= 0.6 is 11.3 Å². The van der Waals surface area contributed by atoms with E-state index in [-0.39, 0.29) is 11.7 Å². The van der Waals surface area contributed by atoms with E-state index in [4.69, 9.17) is 0 Å². The highest BCUT2D eigenvalue weighted by Gasteiger charge is 2.21. The van der Waals surface area contributed by atoms with Crippen LogP contribution in [0.4, 0.5) is 5.13 Å². The first-order chi connectivity index (χ1) is 13.6. The van der Waals surface area contributed by atoms with Crippen LogP contribution in [0, 0.1) is 0 Å². The van der Waals surface area contributed by atoms with E-state index in [0.717, 1.165) is 31.7 Å². The van der Waals surface area contributed by atoms with Crippen molar-refractivity contribution < 1.29 is 9.59 Å². The van der Waals surface area contributed by atoms with Crippen LogP contribution < -0.4 is 5.32 Å². The number of thiazole rings is 1. The number of Topliss-reactive ketones (excluding diaryl/α,β-unsaturated/α-hetero) is 1. The Hall–Kier alpha value is -2.83. The fourth-order valence-corrected chi connectivity index (χ4v) is 4.35. The second kappa shape index (κ2) is 8.04. The Balaban J connectivity index is 1.41. The Bertz CT molecular complexity index is 996. The molecule has 0 unspecified atom stereocenters. The number of aromatic nitrogens is 1. The predicted molar refractivity (Wildman–Crippen MR) is 111 cm³/mol. The topological polar surface area (TPSA) is 62.3 Å². The number of benzene rings is 2. The summed E-state index contributed by atoms with van der Waals surface area (Å²) in [4.78, 5) is 32.1. The smallest absolute Gasteiger partial charge is 0.257 e. The third kappa shape index (κ3) is 4.18. The summed E-state index contributed by atoms with van der Waals surface area (Å²) in [7, 11) is 0. The molecule has 1 N–H and O–H groups in total. The van der Waals surface area contributed by atoms with Crippen LogP contribution in [-0.4, -0.2) is 28.1 Å². The number of carbonyl (C=O) groups excluding carboxylic acids is 2. The highest BCUT2D eigenvalue weighted by molar-refractivity contribution is 7.15. The number of carbonyl (C=O) groups is 2. The average molecular weight is 391 g/mol. The first-order valence-corrected chi connectivity index (χ1v) is 10.1. The van der Waals surface area contributed by atoms with Crippen molar-refractivity contribution >= 4 is 28.2 Å². The van der Waals surface area contributed by atoms with E-state index in [1.165, 1.54) is 17.4 Å². The van der Waals surface area contributed by atoms with Crippen LogP contribution in [0.1, 0.15) is 43.8 Å². The van der Waals surface area contributed by atoms with Crippen LogP contribution in [0.3, 0.4) is 0 Å². The summed E-state index contributed by atoms with van der Waals surface area (Å²) in [6.45, 7) is 4.25. The van der Waals surface area contributed by atoms with E-state index in [2.05, 4.69) is 39.5 Å². The molecule has 0 saturated heterocycles. The normalized spacial score (nSPS) is 13.8. The molecule has 0 saturated carbocycles. The number of hydrogen-bond acceptors (Lipinski definition) is 5. The second-order valence-corrected chi connectivity index (χ2v) is 8.01. The van der Waals surface area contributed by atoms with Crippen LogP contribution in [0.5, 0.6) is 0 Å². The SMILES string of the molecule is CC(=O)c1ccc(C(=O)Nc2nc3c(s2)CN(Cc2ccccc2)CC3)cc1. The number of ketones is 1. The van der Waals surface area contributed by atoms with Gasteiger partial charge in [-0.2, -0.15) is 0 Å². The third-order valence-corrected chi connectivity index (χ3v) is 5.83. The monoisotopic (exact) mass is 391 g/mol. The lowest BCUT2D eigenvalue weighted by atomic mass is 10.1. The maximum Gasteiger partial charge on any atom is 0.257 e. The minimum absolute atomic E-state index is 0.0142. The van der Waals surface area contributed by atoms with Gasteiger partial charge in [0.25, 0.3) is 5.91 Å². The van der Waals surface area contributed by atoms with Crippen molar-refractivity contribution in [3.63, 3.8) is 0 Å². The first kappa shape index (κ1) is 18.5. The molecule has 2 aromatic carbocycles. The lowest BCUT2D eigenvalue weighted by molar-refractivity contribution is 0.100. The zero-order valence-corrected chi connectivity index (χ0v) is 16.5. The van der Waals surface area contributed by atoms with Gasteiger partial charge in [-0.15, -0.1) is 11.3 Å². The zero-order valence-electron chi connectivity index (χ0n) is 15.6. The largest absolute Gasteiger partial charge is 0.298 e. The number of amides is 1. The van der Waals surface area contributed by atoms with Crippen LogP contribution in [-0.2, 0) is 19.5 Å². The van der Waals surface area contributed by atoms with Gasteiger partial charge in [-0.1, -0.05) is 42.5 Å². The molecule has 1 aliphatic heterocycles. The second-order valence-electron chi connectivity index (χ2n) is 6.92. The van der Waals surface area contributed by atoms with Gasteiger partial charge in [0.05, 0.1) is 5.69 Å². The lowest BCUT2D eigenvalue weighted by Crippen LogP contribution is -2.29. The van der Waals surface area contributed by atoms with Crippen molar-refractivity contribution in [2.24, 2.45) is 0 Å². The molecule has 0 aliphatic carbocycles. The molecule has 5 nitrogen and oxygen atoms in total. The molecule has 0 atom stereocenters. The molecule has 2 heterocycles. The summed E-state index contributed by atoms with van der Waals surface area (Å²) in [6, 6.07) is 17.1. The minimum atomic E-state index is -0.206. The number of nitrogens with zero attached hydrogens (tertiary/aromatic N) is 2. The van der Waals surface area contributed by atoms with Crippen molar-refractivity contribution in [3.8, 4) is 0 Å². The zero-order chi connectivity index (χ0) is 19.5. The van der Waals surface area contributed by atoms with Crippen LogP contribution in [0.2, 0.25) is 0 Å². The minimum Gasteiger partial charge on any atom is -0.298 e. The third-order valence-electron chi connectivity index (χ3n) is 4.83. The molecule has 4 rings (SSSR count). The van der Waals surface area contributed by atoms with E-state index in [9.17, 15) is 9.59 Å². The van der Waals surface area contributed by atoms with Crippen LogP contribution in [0.25, 0.3) is 0 Å². The molecule has 0 spiro atoms. The first-order valence-electron chi connectivity index (χ1n) is 9.26. The number of rotatable bonds is 5. The highest BCUT2D eigenvalue weighted by atomic mass is 32.1. The molecule has 1 amide bonds. The summed E-state index contributed by atoms with van der Waals surface area (Å²) in [5.41, 5.74) is 3.50. The lowest BCUT2D eigenvalue weighted by Gasteiger charge is -2.25. The van der Waals surface area contributed by atoms with E-state index in [1.807, 2.05) is 6.07 Å².